The quantitative estimate of drug-likeness (QED) is 0.864. The fourth-order valence-corrected chi connectivity index (χ4v) is 3.99. The highest BCUT2D eigenvalue weighted by molar-refractivity contribution is 5.94. The Labute approximate surface area is 153 Å². The van der Waals surface area contributed by atoms with Crippen LogP contribution in [-0.2, 0) is 4.79 Å². The van der Waals surface area contributed by atoms with E-state index in [1.807, 2.05) is 0 Å². The van der Waals surface area contributed by atoms with Crippen LogP contribution in [0.15, 0.2) is 24.3 Å². The van der Waals surface area contributed by atoms with Crippen LogP contribution in [0.4, 0.5) is 4.39 Å². The van der Waals surface area contributed by atoms with Crippen LogP contribution in [0.3, 0.4) is 0 Å². The topological polar surface area (TPSA) is 69.6 Å². The van der Waals surface area contributed by atoms with Crippen molar-refractivity contribution in [2.24, 2.45) is 11.8 Å². The summed E-state index contributed by atoms with van der Waals surface area (Å²) in [6, 6.07) is 5.52. The summed E-state index contributed by atoms with van der Waals surface area (Å²) in [6.45, 7) is 1.61. The van der Waals surface area contributed by atoms with Gasteiger partial charge in [0, 0.05) is 25.2 Å². The van der Waals surface area contributed by atoms with Crippen molar-refractivity contribution in [1.82, 2.24) is 10.2 Å². The molecule has 0 bridgehead atoms. The number of aliphatic hydroxyl groups is 1. The molecular formula is C20H27FN2O3. The molecule has 1 aliphatic carbocycles. The van der Waals surface area contributed by atoms with Crippen molar-refractivity contribution in [1.29, 1.82) is 0 Å². The minimum Gasteiger partial charge on any atom is -0.393 e. The van der Waals surface area contributed by atoms with Crippen molar-refractivity contribution in [3.8, 4) is 0 Å². The van der Waals surface area contributed by atoms with Crippen LogP contribution in [0.1, 0.15) is 48.9 Å². The molecule has 5 nitrogen and oxygen atoms in total. The molecule has 1 saturated heterocycles. The van der Waals surface area contributed by atoms with Crippen molar-refractivity contribution in [3.63, 3.8) is 0 Å². The monoisotopic (exact) mass is 362 g/mol. The number of hydrogen-bond donors (Lipinski definition) is 2. The number of halogens is 1. The fraction of sp³-hybridized carbons (Fsp3) is 0.600. The van der Waals surface area contributed by atoms with Crippen molar-refractivity contribution in [2.75, 3.05) is 19.6 Å². The molecule has 0 aromatic heterocycles. The van der Waals surface area contributed by atoms with E-state index >= 15 is 0 Å². The Balaban J connectivity index is 1.51. The molecule has 2 amide bonds. The van der Waals surface area contributed by atoms with Crippen LogP contribution in [0.2, 0.25) is 0 Å². The first-order valence-electron chi connectivity index (χ1n) is 9.53. The number of likely N-dealkylation sites (tertiary alicyclic amines) is 1. The second-order valence-electron chi connectivity index (χ2n) is 7.53. The molecule has 0 spiro atoms. The van der Waals surface area contributed by atoms with Gasteiger partial charge in [0.15, 0.2) is 0 Å². The van der Waals surface area contributed by atoms with Gasteiger partial charge in [-0.2, -0.15) is 0 Å². The molecule has 0 radical (unpaired) electrons. The molecule has 6 heteroatoms. The summed E-state index contributed by atoms with van der Waals surface area (Å²) in [5.74, 6) is -0.408. The molecule has 3 unspecified atom stereocenters. The lowest BCUT2D eigenvalue weighted by atomic mass is 9.87. The Kier molecular flexibility index (Phi) is 6.25. The largest absolute Gasteiger partial charge is 0.393 e. The van der Waals surface area contributed by atoms with E-state index in [9.17, 15) is 19.1 Å². The summed E-state index contributed by atoms with van der Waals surface area (Å²) in [5.41, 5.74) is 0.448. The summed E-state index contributed by atoms with van der Waals surface area (Å²) in [4.78, 5) is 26.8. The summed E-state index contributed by atoms with van der Waals surface area (Å²) >= 11 is 0. The molecule has 1 saturated carbocycles. The Bertz CT molecular complexity index is 634. The Morgan fingerprint density at radius 1 is 1.15 bits per heavy atom. The van der Waals surface area contributed by atoms with Crippen LogP contribution >= 0.6 is 0 Å². The number of carbonyl (C=O) groups excluding carboxylic acids is 2. The van der Waals surface area contributed by atoms with Crippen LogP contribution in [0.5, 0.6) is 0 Å². The average molecular weight is 362 g/mol. The highest BCUT2D eigenvalue weighted by Crippen LogP contribution is 2.24. The Hall–Kier alpha value is -1.95. The minimum atomic E-state index is -0.370. The summed E-state index contributed by atoms with van der Waals surface area (Å²) in [5, 5.41) is 12.7. The minimum absolute atomic E-state index is 0.0123. The normalized spacial score (nSPS) is 26.4. The maximum atomic E-state index is 13.0. The van der Waals surface area contributed by atoms with Gasteiger partial charge in [-0.05, 0) is 62.3 Å². The molecule has 1 aromatic carbocycles. The van der Waals surface area contributed by atoms with Crippen LogP contribution in [-0.4, -0.2) is 47.6 Å². The van der Waals surface area contributed by atoms with Gasteiger partial charge in [0.25, 0.3) is 5.91 Å². The Morgan fingerprint density at radius 2 is 1.92 bits per heavy atom. The lowest BCUT2D eigenvalue weighted by Gasteiger charge is -2.33. The molecule has 2 fully saturated rings. The number of aliphatic hydroxyl groups excluding tert-OH is 1. The second-order valence-corrected chi connectivity index (χ2v) is 7.53. The van der Waals surface area contributed by atoms with Crippen molar-refractivity contribution < 1.29 is 19.1 Å². The molecule has 2 N–H and O–H groups in total. The third-order valence-electron chi connectivity index (χ3n) is 5.49. The number of nitrogens with zero attached hydrogens (tertiary/aromatic N) is 1. The van der Waals surface area contributed by atoms with Gasteiger partial charge in [0.05, 0.1) is 12.0 Å². The van der Waals surface area contributed by atoms with Gasteiger partial charge in [0.1, 0.15) is 5.82 Å². The highest BCUT2D eigenvalue weighted by atomic mass is 19.1. The van der Waals surface area contributed by atoms with E-state index in [1.165, 1.54) is 24.3 Å². The van der Waals surface area contributed by atoms with Crippen LogP contribution in [0, 0.1) is 17.7 Å². The second kappa shape index (κ2) is 8.62. The van der Waals surface area contributed by atoms with Gasteiger partial charge in [-0.1, -0.05) is 6.42 Å². The maximum Gasteiger partial charge on any atom is 0.253 e. The number of rotatable bonds is 4. The molecule has 3 rings (SSSR count). The molecule has 3 atom stereocenters. The van der Waals surface area contributed by atoms with E-state index in [0.29, 0.717) is 31.1 Å². The number of nitrogens with one attached hydrogen (secondary N) is 1. The van der Waals surface area contributed by atoms with E-state index in [0.717, 1.165) is 38.5 Å². The third kappa shape index (κ3) is 4.81. The zero-order valence-electron chi connectivity index (χ0n) is 15.0. The average Bonchev–Trinajstić information content (AvgIpc) is 2.66. The van der Waals surface area contributed by atoms with Gasteiger partial charge >= 0.3 is 0 Å². The van der Waals surface area contributed by atoms with Crippen molar-refractivity contribution in [2.45, 2.75) is 44.6 Å². The smallest absolute Gasteiger partial charge is 0.253 e. The number of benzene rings is 1. The fourth-order valence-electron chi connectivity index (χ4n) is 3.99. The highest BCUT2D eigenvalue weighted by Gasteiger charge is 2.29. The van der Waals surface area contributed by atoms with Crippen LogP contribution < -0.4 is 5.32 Å². The standard InChI is InChI=1S/C20H27FN2O3/c21-17-8-6-15(7-9-17)20(26)23-10-2-4-16(13-23)19(25)22-12-14-3-1-5-18(24)11-14/h6-9,14,16,18,24H,1-5,10-13H2,(H,22,25). The molecule has 1 heterocycles. The van der Waals surface area contributed by atoms with E-state index in [1.54, 1.807) is 4.90 Å². The molecule has 2 aliphatic rings. The van der Waals surface area contributed by atoms with Crippen LogP contribution in [0.25, 0.3) is 0 Å². The summed E-state index contributed by atoms with van der Waals surface area (Å²) < 4.78 is 13.0. The Morgan fingerprint density at radius 3 is 2.65 bits per heavy atom. The first-order valence-corrected chi connectivity index (χ1v) is 9.53. The van der Waals surface area contributed by atoms with E-state index < -0.39 is 0 Å². The van der Waals surface area contributed by atoms with E-state index in [4.69, 9.17) is 0 Å². The van der Waals surface area contributed by atoms with Crippen molar-refractivity contribution in [3.05, 3.63) is 35.6 Å². The number of carbonyl (C=O) groups is 2. The molecular weight excluding hydrogens is 335 g/mol. The molecule has 142 valence electrons. The van der Waals surface area contributed by atoms with Gasteiger partial charge in [-0.25, -0.2) is 4.39 Å². The third-order valence-corrected chi connectivity index (χ3v) is 5.49. The van der Waals surface area contributed by atoms with Gasteiger partial charge in [0.2, 0.25) is 5.91 Å². The van der Waals surface area contributed by atoms with Gasteiger partial charge in [-0.3, -0.25) is 9.59 Å². The predicted molar refractivity (Wildman–Crippen MR) is 96.0 cm³/mol. The number of amides is 2. The molecule has 26 heavy (non-hydrogen) atoms. The molecule has 1 aliphatic heterocycles. The molecule has 1 aromatic rings. The SMILES string of the molecule is O=C(NCC1CCCC(O)C1)C1CCCN(C(=O)c2ccc(F)cc2)C1. The van der Waals surface area contributed by atoms with E-state index in [2.05, 4.69) is 5.32 Å². The lowest BCUT2D eigenvalue weighted by molar-refractivity contribution is -0.126. The maximum absolute atomic E-state index is 13.0. The van der Waals surface area contributed by atoms with E-state index in [-0.39, 0.29) is 29.7 Å². The zero-order chi connectivity index (χ0) is 18.5. The lowest BCUT2D eigenvalue weighted by Crippen LogP contribution is -2.46. The van der Waals surface area contributed by atoms with Crippen molar-refractivity contribution >= 4 is 11.8 Å². The predicted octanol–water partition coefficient (Wildman–Crippen LogP) is 2.35. The summed E-state index contributed by atoms with van der Waals surface area (Å²) in [6.07, 6.45) is 4.96. The summed E-state index contributed by atoms with van der Waals surface area (Å²) in [7, 11) is 0. The number of hydrogen-bond acceptors (Lipinski definition) is 3. The first-order chi connectivity index (χ1) is 12.5. The number of piperidine rings is 1. The van der Waals surface area contributed by atoms with Gasteiger partial charge in [-0.15, -0.1) is 0 Å². The zero-order valence-corrected chi connectivity index (χ0v) is 15.0. The first kappa shape index (κ1) is 18.8. The van der Waals surface area contributed by atoms with Gasteiger partial charge < -0.3 is 15.3 Å².